The van der Waals surface area contributed by atoms with Crippen molar-refractivity contribution in [1.29, 1.82) is 0 Å². The molecule has 0 bridgehead atoms. The molecule has 0 radical (unpaired) electrons. The third kappa shape index (κ3) is 4.50. The van der Waals surface area contributed by atoms with Crippen LogP contribution in [0.4, 0.5) is 0 Å². The molecule has 0 spiro atoms. The van der Waals surface area contributed by atoms with Gasteiger partial charge in [0.05, 0.1) is 9.75 Å². The Hall–Kier alpha value is -1.48. The predicted octanol–water partition coefficient (Wildman–Crippen LogP) is 5.41. The molecule has 1 aliphatic heterocycles. The molecule has 0 saturated carbocycles. The molecule has 0 aromatic carbocycles. The molecular weight excluding hydrogens is 280 g/mol. The van der Waals surface area contributed by atoms with Crippen molar-refractivity contribution in [2.24, 2.45) is 11.8 Å². The smallest absolute Gasteiger partial charge is 0.180 e. The van der Waals surface area contributed by atoms with E-state index in [-0.39, 0.29) is 0 Å². The van der Waals surface area contributed by atoms with Crippen LogP contribution in [-0.4, -0.2) is 13.2 Å². The SMILES string of the molecule is CC(C)/C=C/C=C/c1sc(/C=C/C(C)C)c2c1OCCO2. The van der Waals surface area contributed by atoms with Gasteiger partial charge in [-0.3, -0.25) is 0 Å². The Morgan fingerprint density at radius 2 is 1.38 bits per heavy atom. The van der Waals surface area contributed by atoms with Crippen molar-refractivity contribution in [2.75, 3.05) is 13.2 Å². The van der Waals surface area contributed by atoms with Crippen molar-refractivity contribution in [1.82, 2.24) is 0 Å². The van der Waals surface area contributed by atoms with Gasteiger partial charge in [0.1, 0.15) is 13.2 Å². The van der Waals surface area contributed by atoms with Gasteiger partial charge in [0.25, 0.3) is 0 Å². The lowest BCUT2D eigenvalue weighted by Gasteiger charge is -2.16. The Morgan fingerprint density at radius 3 is 1.95 bits per heavy atom. The molecule has 0 unspecified atom stereocenters. The van der Waals surface area contributed by atoms with Crippen molar-refractivity contribution in [3.63, 3.8) is 0 Å². The van der Waals surface area contributed by atoms with Gasteiger partial charge in [0.15, 0.2) is 11.5 Å². The van der Waals surface area contributed by atoms with E-state index in [9.17, 15) is 0 Å². The fourth-order valence-electron chi connectivity index (χ4n) is 1.92. The van der Waals surface area contributed by atoms with Gasteiger partial charge in [-0.25, -0.2) is 0 Å². The second-order valence-corrected chi connectivity index (χ2v) is 6.86. The molecule has 21 heavy (non-hydrogen) atoms. The van der Waals surface area contributed by atoms with Gasteiger partial charge >= 0.3 is 0 Å². The highest BCUT2D eigenvalue weighted by Gasteiger charge is 2.21. The minimum atomic E-state index is 0.528. The molecule has 1 aliphatic rings. The first-order chi connectivity index (χ1) is 10.1. The van der Waals surface area contributed by atoms with Gasteiger partial charge in [-0.05, 0) is 24.0 Å². The quantitative estimate of drug-likeness (QED) is 0.677. The highest BCUT2D eigenvalue weighted by molar-refractivity contribution is 7.14. The molecule has 0 saturated heterocycles. The van der Waals surface area contributed by atoms with E-state index in [4.69, 9.17) is 9.47 Å². The fraction of sp³-hybridized carbons (Fsp3) is 0.444. The lowest BCUT2D eigenvalue weighted by Crippen LogP contribution is -2.14. The van der Waals surface area contributed by atoms with E-state index in [2.05, 4.69) is 64.2 Å². The lowest BCUT2D eigenvalue weighted by molar-refractivity contribution is 0.173. The second kappa shape index (κ2) is 7.51. The van der Waals surface area contributed by atoms with E-state index in [1.165, 1.54) is 0 Å². The summed E-state index contributed by atoms with van der Waals surface area (Å²) in [5.74, 6) is 2.88. The molecule has 2 rings (SSSR count). The number of hydrogen-bond donors (Lipinski definition) is 0. The Balaban J connectivity index is 2.25. The van der Waals surface area contributed by atoms with Gasteiger partial charge < -0.3 is 9.47 Å². The van der Waals surface area contributed by atoms with Crippen LogP contribution in [0.25, 0.3) is 12.2 Å². The third-order valence-electron chi connectivity index (χ3n) is 2.94. The first-order valence-electron chi connectivity index (χ1n) is 7.53. The Kier molecular flexibility index (Phi) is 5.68. The first-order valence-corrected chi connectivity index (χ1v) is 8.35. The van der Waals surface area contributed by atoms with Gasteiger partial charge in [-0.2, -0.15) is 0 Å². The summed E-state index contributed by atoms with van der Waals surface area (Å²) in [5, 5.41) is 0. The zero-order chi connectivity index (χ0) is 15.2. The number of thiophene rings is 1. The van der Waals surface area contributed by atoms with E-state index >= 15 is 0 Å². The van der Waals surface area contributed by atoms with Crippen molar-refractivity contribution < 1.29 is 9.47 Å². The van der Waals surface area contributed by atoms with E-state index in [0.717, 1.165) is 21.3 Å². The van der Waals surface area contributed by atoms with Crippen LogP contribution in [-0.2, 0) is 0 Å². The Labute approximate surface area is 131 Å². The monoisotopic (exact) mass is 304 g/mol. The van der Waals surface area contributed by atoms with Gasteiger partial charge in [-0.15, -0.1) is 11.3 Å². The van der Waals surface area contributed by atoms with Crippen LogP contribution in [0.3, 0.4) is 0 Å². The zero-order valence-corrected chi connectivity index (χ0v) is 14.1. The molecule has 0 atom stereocenters. The largest absolute Gasteiger partial charge is 0.485 e. The molecule has 0 amide bonds. The molecule has 1 aromatic rings. The number of rotatable bonds is 5. The number of hydrogen-bond acceptors (Lipinski definition) is 3. The van der Waals surface area contributed by atoms with Crippen LogP contribution in [0, 0.1) is 11.8 Å². The number of ether oxygens (including phenoxy) is 2. The van der Waals surface area contributed by atoms with Crippen LogP contribution in [0.2, 0.25) is 0 Å². The molecule has 3 heteroatoms. The molecule has 2 nitrogen and oxygen atoms in total. The van der Waals surface area contributed by atoms with Crippen LogP contribution in [0.15, 0.2) is 24.3 Å². The molecule has 0 N–H and O–H groups in total. The van der Waals surface area contributed by atoms with E-state index in [1.807, 2.05) is 0 Å². The third-order valence-corrected chi connectivity index (χ3v) is 4.02. The van der Waals surface area contributed by atoms with E-state index in [0.29, 0.717) is 25.0 Å². The summed E-state index contributed by atoms with van der Waals surface area (Å²) >= 11 is 1.72. The van der Waals surface area contributed by atoms with Crippen LogP contribution < -0.4 is 9.47 Å². The summed E-state index contributed by atoms with van der Waals surface area (Å²) in [6, 6.07) is 0. The van der Waals surface area contributed by atoms with Crippen LogP contribution in [0.1, 0.15) is 37.4 Å². The summed E-state index contributed by atoms with van der Waals surface area (Å²) in [6.45, 7) is 9.94. The molecule has 114 valence electrons. The lowest BCUT2D eigenvalue weighted by atomic mass is 10.2. The average molecular weight is 304 g/mol. The highest BCUT2D eigenvalue weighted by atomic mass is 32.1. The standard InChI is InChI=1S/C18H24O2S/c1-13(2)7-5-6-8-15-17-18(20-12-11-19-17)16(21-15)10-9-14(3)4/h5-10,13-14H,11-12H2,1-4H3/b7-5+,8-6+,10-9+. The van der Waals surface area contributed by atoms with Crippen molar-refractivity contribution in [3.8, 4) is 11.5 Å². The van der Waals surface area contributed by atoms with E-state index in [1.54, 1.807) is 11.3 Å². The summed E-state index contributed by atoms with van der Waals surface area (Å²) < 4.78 is 11.6. The maximum absolute atomic E-state index is 5.80. The first kappa shape index (κ1) is 15.9. The highest BCUT2D eigenvalue weighted by Crippen LogP contribution is 2.45. The molecule has 1 aromatic heterocycles. The van der Waals surface area contributed by atoms with Gasteiger partial charge in [0.2, 0.25) is 0 Å². The normalized spacial score (nSPS) is 15.3. The maximum atomic E-state index is 5.80. The summed E-state index contributed by atoms with van der Waals surface area (Å²) in [6.07, 6.45) is 12.8. The van der Waals surface area contributed by atoms with Crippen molar-refractivity contribution in [3.05, 3.63) is 34.1 Å². The topological polar surface area (TPSA) is 18.5 Å². The summed E-state index contributed by atoms with van der Waals surface area (Å²) in [4.78, 5) is 2.27. The molecule has 0 fully saturated rings. The molecular formula is C18H24O2S. The minimum absolute atomic E-state index is 0.528. The summed E-state index contributed by atoms with van der Waals surface area (Å²) in [7, 11) is 0. The van der Waals surface area contributed by atoms with Gasteiger partial charge in [-0.1, -0.05) is 52.0 Å². The zero-order valence-electron chi connectivity index (χ0n) is 13.3. The van der Waals surface area contributed by atoms with Crippen molar-refractivity contribution >= 4 is 23.5 Å². The number of allylic oxidation sites excluding steroid dienone is 4. The maximum Gasteiger partial charge on any atom is 0.180 e. The fourth-order valence-corrected chi connectivity index (χ4v) is 2.94. The van der Waals surface area contributed by atoms with Crippen molar-refractivity contribution in [2.45, 2.75) is 27.7 Å². The van der Waals surface area contributed by atoms with Gasteiger partial charge in [0, 0.05) is 0 Å². The second-order valence-electron chi connectivity index (χ2n) is 5.78. The minimum Gasteiger partial charge on any atom is -0.485 e. The predicted molar refractivity (Wildman–Crippen MR) is 92.2 cm³/mol. The number of fused-ring (bicyclic) bond motifs is 1. The van der Waals surface area contributed by atoms with Crippen LogP contribution in [0.5, 0.6) is 11.5 Å². The molecule has 0 aliphatic carbocycles. The summed E-state index contributed by atoms with van der Waals surface area (Å²) in [5.41, 5.74) is 0. The average Bonchev–Trinajstić information content (AvgIpc) is 2.80. The van der Waals surface area contributed by atoms with E-state index < -0.39 is 0 Å². The van der Waals surface area contributed by atoms with Crippen LogP contribution >= 0.6 is 11.3 Å². The Morgan fingerprint density at radius 1 is 0.810 bits per heavy atom. The Bertz CT molecular complexity index is 548. The molecule has 2 heterocycles.